The summed E-state index contributed by atoms with van der Waals surface area (Å²) in [5, 5.41) is 3.30. The Morgan fingerprint density at radius 3 is 2.62 bits per heavy atom. The van der Waals surface area contributed by atoms with Gasteiger partial charge in [-0.05, 0) is 56.6 Å². The molecule has 0 saturated heterocycles. The van der Waals surface area contributed by atoms with Gasteiger partial charge >= 0.3 is 0 Å². The number of rotatable bonds is 5. The Morgan fingerprint density at radius 1 is 1.14 bits per heavy atom. The van der Waals surface area contributed by atoms with Gasteiger partial charge in [-0.3, -0.25) is 0 Å². The quantitative estimate of drug-likeness (QED) is 0.808. The van der Waals surface area contributed by atoms with E-state index in [1.165, 1.54) is 22.1 Å². The van der Waals surface area contributed by atoms with E-state index in [9.17, 15) is 4.39 Å². The molecule has 0 bridgehead atoms. The highest BCUT2D eigenvalue weighted by molar-refractivity contribution is 7.99. The molecule has 112 valence electrons. The third-order valence-corrected chi connectivity index (χ3v) is 4.76. The third-order valence-electron chi connectivity index (χ3n) is 3.52. The van der Waals surface area contributed by atoms with Gasteiger partial charge in [0.05, 0.1) is 0 Å². The van der Waals surface area contributed by atoms with Crippen LogP contribution in [0.1, 0.15) is 36.6 Å². The highest BCUT2D eigenvalue weighted by Crippen LogP contribution is 2.36. The lowest BCUT2D eigenvalue weighted by Crippen LogP contribution is -2.19. The van der Waals surface area contributed by atoms with Crippen LogP contribution in [0.5, 0.6) is 0 Å². The molecule has 0 saturated carbocycles. The number of halogens is 1. The molecule has 0 radical (unpaired) electrons. The summed E-state index contributed by atoms with van der Waals surface area (Å²) in [5.74, 6) is -0.140. The maximum atomic E-state index is 14.3. The van der Waals surface area contributed by atoms with Crippen LogP contribution in [0.4, 0.5) is 4.39 Å². The first-order chi connectivity index (χ1) is 10.0. The number of hydrogen-bond acceptors (Lipinski definition) is 2. The topological polar surface area (TPSA) is 12.0 Å². The van der Waals surface area contributed by atoms with Gasteiger partial charge in [0.25, 0.3) is 0 Å². The molecule has 1 nitrogen and oxygen atoms in total. The fourth-order valence-corrected chi connectivity index (χ4v) is 3.61. The second-order valence-corrected chi connectivity index (χ2v) is 6.39. The Hall–Kier alpha value is -1.32. The van der Waals surface area contributed by atoms with Gasteiger partial charge in [0.1, 0.15) is 5.82 Å². The van der Waals surface area contributed by atoms with Crippen molar-refractivity contribution < 1.29 is 4.39 Å². The summed E-state index contributed by atoms with van der Waals surface area (Å²) in [6.45, 7) is 9.04. The van der Waals surface area contributed by atoms with Crippen LogP contribution in [-0.4, -0.2) is 6.54 Å². The summed E-state index contributed by atoms with van der Waals surface area (Å²) < 4.78 is 14.3. The molecule has 2 aromatic rings. The monoisotopic (exact) mass is 303 g/mol. The number of aryl methyl sites for hydroxylation is 2. The maximum Gasteiger partial charge on any atom is 0.129 e. The second-order valence-electron chi connectivity index (χ2n) is 5.30. The van der Waals surface area contributed by atoms with Crippen molar-refractivity contribution in [3.8, 4) is 0 Å². The summed E-state index contributed by atoms with van der Waals surface area (Å²) in [6, 6.07) is 11.7. The van der Waals surface area contributed by atoms with Crippen molar-refractivity contribution in [3.63, 3.8) is 0 Å². The maximum absolute atomic E-state index is 14.3. The minimum Gasteiger partial charge on any atom is -0.310 e. The van der Waals surface area contributed by atoms with Gasteiger partial charge in [-0.1, -0.05) is 36.9 Å². The lowest BCUT2D eigenvalue weighted by atomic mass is 10.1. The van der Waals surface area contributed by atoms with Crippen LogP contribution in [0.25, 0.3) is 0 Å². The van der Waals surface area contributed by atoms with Crippen LogP contribution in [0, 0.1) is 19.7 Å². The van der Waals surface area contributed by atoms with Crippen LogP contribution in [0.3, 0.4) is 0 Å². The van der Waals surface area contributed by atoms with E-state index in [0.717, 1.165) is 17.0 Å². The smallest absolute Gasteiger partial charge is 0.129 e. The standard InChI is InChI=1S/C18H22FNS/c1-5-20-14(4)18-15(19)7-6-8-16(18)21-17-11-12(2)9-10-13(17)3/h6-11,14,20H,5H2,1-4H3. The van der Waals surface area contributed by atoms with E-state index in [2.05, 4.69) is 37.4 Å². The molecule has 0 aliphatic rings. The van der Waals surface area contributed by atoms with Crippen LogP contribution < -0.4 is 5.32 Å². The number of benzene rings is 2. The zero-order valence-electron chi connectivity index (χ0n) is 13.0. The summed E-state index contributed by atoms with van der Waals surface area (Å²) >= 11 is 1.64. The lowest BCUT2D eigenvalue weighted by molar-refractivity contribution is 0.531. The Balaban J connectivity index is 2.40. The number of nitrogens with one attached hydrogen (secondary N) is 1. The zero-order valence-corrected chi connectivity index (χ0v) is 13.9. The normalized spacial score (nSPS) is 12.4. The van der Waals surface area contributed by atoms with E-state index in [0.29, 0.717) is 0 Å². The molecule has 1 unspecified atom stereocenters. The predicted octanol–water partition coefficient (Wildman–Crippen LogP) is 5.26. The minimum absolute atomic E-state index is 0.00353. The van der Waals surface area contributed by atoms with Crippen molar-refractivity contribution in [1.29, 1.82) is 0 Å². The molecule has 0 heterocycles. The van der Waals surface area contributed by atoms with E-state index < -0.39 is 0 Å². The Labute approximate surface area is 131 Å². The van der Waals surface area contributed by atoms with Gasteiger partial charge in [-0.2, -0.15) is 0 Å². The SMILES string of the molecule is CCNC(C)c1c(F)cccc1Sc1cc(C)ccc1C. The first kappa shape index (κ1) is 16.1. The molecule has 0 amide bonds. The zero-order chi connectivity index (χ0) is 15.4. The van der Waals surface area contributed by atoms with E-state index in [4.69, 9.17) is 0 Å². The fourth-order valence-electron chi connectivity index (χ4n) is 2.37. The molecule has 3 heteroatoms. The van der Waals surface area contributed by atoms with Crippen molar-refractivity contribution in [2.24, 2.45) is 0 Å². The van der Waals surface area contributed by atoms with Gasteiger partial charge in [0.15, 0.2) is 0 Å². The molecule has 2 aromatic carbocycles. The van der Waals surface area contributed by atoms with Crippen molar-refractivity contribution in [2.75, 3.05) is 6.54 Å². The van der Waals surface area contributed by atoms with Crippen LogP contribution in [-0.2, 0) is 0 Å². The molecule has 0 aliphatic heterocycles. The molecule has 0 fully saturated rings. The van der Waals surface area contributed by atoms with Crippen LogP contribution >= 0.6 is 11.8 Å². The molecule has 1 N–H and O–H groups in total. The Bertz CT molecular complexity index is 625. The average molecular weight is 303 g/mol. The van der Waals surface area contributed by atoms with Crippen LogP contribution in [0.15, 0.2) is 46.2 Å². The lowest BCUT2D eigenvalue weighted by Gasteiger charge is -2.18. The number of hydrogen-bond donors (Lipinski definition) is 1. The third kappa shape index (κ3) is 3.86. The first-order valence-corrected chi connectivity index (χ1v) is 8.11. The minimum atomic E-state index is -0.140. The molecular formula is C18H22FNS. The van der Waals surface area contributed by atoms with Gasteiger partial charge in [-0.15, -0.1) is 0 Å². The molecular weight excluding hydrogens is 281 g/mol. The fraction of sp³-hybridized carbons (Fsp3) is 0.333. The summed E-state index contributed by atoms with van der Waals surface area (Å²) in [5.41, 5.74) is 3.20. The summed E-state index contributed by atoms with van der Waals surface area (Å²) in [6.07, 6.45) is 0. The largest absolute Gasteiger partial charge is 0.310 e. The molecule has 0 aromatic heterocycles. The van der Waals surface area contributed by atoms with E-state index in [1.807, 2.05) is 19.9 Å². The summed E-state index contributed by atoms with van der Waals surface area (Å²) in [4.78, 5) is 2.17. The van der Waals surface area contributed by atoms with Gasteiger partial charge in [0.2, 0.25) is 0 Å². The molecule has 1 atom stereocenters. The molecule has 0 aliphatic carbocycles. The van der Waals surface area contributed by atoms with Gasteiger partial charge in [0, 0.05) is 21.4 Å². The van der Waals surface area contributed by atoms with Gasteiger partial charge in [-0.25, -0.2) is 4.39 Å². The first-order valence-electron chi connectivity index (χ1n) is 7.29. The second kappa shape index (κ2) is 7.10. The van der Waals surface area contributed by atoms with Crippen molar-refractivity contribution in [2.45, 2.75) is 43.5 Å². The average Bonchev–Trinajstić information content (AvgIpc) is 2.43. The van der Waals surface area contributed by atoms with Crippen molar-refractivity contribution >= 4 is 11.8 Å². The van der Waals surface area contributed by atoms with E-state index >= 15 is 0 Å². The Kier molecular flexibility index (Phi) is 5.43. The van der Waals surface area contributed by atoms with Gasteiger partial charge < -0.3 is 5.32 Å². The Morgan fingerprint density at radius 2 is 1.90 bits per heavy atom. The van der Waals surface area contributed by atoms with Crippen molar-refractivity contribution in [3.05, 3.63) is 58.9 Å². The van der Waals surface area contributed by atoms with E-state index in [1.54, 1.807) is 17.8 Å². The van der Waals surface area contributed by atoms with E-state index in [-0.39, 0.29) is 11.9 Å². The predicted molar refractivity (Wildman–Crippen MR) is 88.5 cm³/mol. The summed E-state index contributed by atoms with van der Waals surface area (Å²) in [7, 11) is 0. The highest BCUT2D eigenvalue weighted by atomic mass is 32.2. The molecule has 21 heavy (non-hydrogen) atoms. The highest BCUT2D eigenvalue weighted by Gasteiger charge is 2.16. The molecule has 0 spiro atoms. The molecule has 2 rings (SSSR count). The van der Waals surface area contributed by atoms with Crippen molar-refractivity contribution in [1.82, 2.24) is 5.32 Å². The van der Waals surface area contributed by atoms with Crippen LogP contribution in [0.2, 0.25) is 0 Å².